The first-order valence-electron chi connectivity index (χ1n) is 10.4. The summed E-state index contributed by atoms with van der Waals surface area (Å²) < 4.78 is 34.2. The minimum atomic E-state index is -3.55. The van der Waals surface area contributed by atoms with Crippen molar-refractivity contribution in [1.29, 1.82) is 0 Å². The standard InChI is InChI=1S/C25H29N2O3S.ClH.Ru/c1-20-13-15-21(16-14-20)19-30-18-17-26-24(22-9-5-3-6-10-22)25(27-31(2,28)29)23-11-7-4-8-12-23;;/h3-16,24-26H,17-19H2,1-2H3;1H;/q-1;;+2/p-1/t24-,25-;;/m0../s1. The van der Waals surface area contributed by atoms with Crippen LogP contribution in [0.1, 0.15) is 34.3 Å². The van der Waals surface area contributed by atoms with Crippen LogP contribution >= 0.6 is 9.69 Å². The quantitative estimate of drug-likeness (QED) is 0.239. The third-order valence-corrected chi connectivity index (χ3v) is 5.53. The molecule has 1 N–H and O–H groups in total. The second-order valence-electron chi connectivity index (χ2n) is 7.57. The molecule has 0 saturated heterocycles. The first kappa shape index (κ1) is 27.6. The second-order valence-corrected chi connectivity index (χ2v) is 9.25. The van der Waals surface area contributed by atoms with Crippen LogP contribution in [-0.2, 0) is 38.7 Å². The molecular weight excluding hydrogens is 545 g/mol. The molecule has 178 valence electrons. The van der Waals surface area contributed by atoms with Crippen LogP contribution in [0.4, 0.5) is 0 Å². The van der Waals surface area contributed by atoms with Crippen molar-refractivity contribution in [2.75, 3.05) is 19.4 Å². The van der Waals surface area contributed by atoms with Crippen LogP contribution in [0.2, 0.25) is 0 Å². The Labute approximate surface area is 211 Å². The molecule has 8 heteroatoms. The molecule has 0 aliphatic heterocycles. The molecule has 33 heavy (non-hydrogen) atoms. The van der Waals surface area contributed by atoms with E-state index in [4.69, 9.17) is 4.74 Å². The molecule has 0 aliphatic carbocycles. The summed E-state index contributed by atoms with van der Waals surface area (Å²) in [6.45, 7) is 3.66. The van der Waals surface area contributed by atoms with Crippen LogP contribution < -0.4 is 5.32 Å². The van der Waals surface area contributed by atoms with Crippen LogP contribution in [0.5, 0.6) is 0 Å². The summed E-state index contributed by atoms with van der Waals surface area (Å²) in [5, 5.41) is 3.47. The molecule has 2 atom stereocenters. The van der Waals surface area contributed by atoms with Crippen LogP contribution in [0, 0.1) is 6.92 Å². The summed E-state index contributed by atoms with van der Waals surface area (Å²) in [4.78, 5) is 0. The van der Waals surface area contributed by atoms with Gasteiger partial charge in [-0.3, -0.25) is 0 Å². The summed E-state index contributed by atoms with van der Waals surface area (Å²) in [6.07, 6.45) is 1.13. The average molecular weight is 574 g/mol. The zero-order chi connectivity index (χ0) is 24.1. The number of hydrogen-bond acceptors (Lipinski definition) is 4. The van der Waals surface area contributed by atoms with Crippen molar-refractivity contribution >= 4 is 19.7 Å². The van der Waals surface area contributed by atoms with Gasteiger partial charge in [0.2, 0.25) is 0 Å². The molecule has 0 amide bonds. The maximum atomic E-state index is 12.1. The number of nitrogens with zero attached hydrogens (tertiary/aromatic N) is 1. The van der Waals surface area contributed by atoms with Crippen molar-refractivity contribution in [2.45, 2.75) is 25.6 Å². The summed E-state index contributed by atoms with van der Waals surface area (Å²) in [7, 11) is 1.02. The van der Waals surface area contributed by atoms with Crippen molar-refractivity contribution < 1.29 is 30.5 Å². The third kappa shape index (κ3) is 10.0. The first-order chi connectivity index (χ1) is 15.9. The Balaban J connectivity index is 0.00000187. The predicted octanol–water partition coefficient (Wildman–Crippen LogP) is 5.60. The number of ether oxygens (including phenoxy) is 1. The number of rotatable bonds is 11. The fourth-order valence-electron chi connectivity index (χ4n) is 3.40. The number of halogens is 1. The van der Waals surface area contributed by atoms with Crippen molar-refractivity contribution in [1.82, 2.24) is 5.32 Å². The minimum absolute atomic E-state index is 0.304. The van der Waals surface area contributed by atoms with Gasteiger partial charge in [-0.15, -0.1) is 0 Å². The molecule has 5 nitrogen and oxygen atoms in total. The van der Waals surface area contributed by atoms with Crippen molar-refractivity contribution in [3.8, 4) is 0 Å². The Morgan fingerprint density at radius 3 is 2.00 bits per heavy atom. The van der Waals surface area contributed by atoms with Crippen molar-refractivity contribution in [3.63, 3.8) is 0 Å². The molecule has 0 unspecified atom stereocenters. The van der Waals surface area contributed by atoms with Gasteiger partial charge in [0.25, 0.3) is 0 Å². The Hall–Kier alpha value is -1.60. The summed E-state index contributed by atoms with van der Waals surface area (Å²) in [5.41, 5.74) is 4.16. The van der Waals surface area contributed by atoms with E-state index in [-0.39, 0.29) is 6.04 Å². The fourth-order valence-corrected chi connectivity index (χ4v) is 4.06. The molecule has 0 bridgehead atoms. The zero-order valence-electron chi connectivity index (χ0n) is 18.7. The summed E-state index contributed by atoms with van der Waals surface area (Å²) >= 11 is 1.82. The number of nitrogens with one attached hydrogen (secondary N) is 1. The summed E-state index contributed by atoms with van der Waals surface area (Å²) in [5.74, 6) is 0. The van der Waals surface area contributed by atoms with E-state index in [9.17, 15) is 8.42 Å². The Kier molecular flexibility index (Phi) is 12.2. The van der Waals surface area contributed by atoms with Gasteiger partial charge in [-0.1, -0.05) is 102 Å². The van der Waals surface area contributed by atoms with Crippen LogP contribution in [0.25, 0.3) is 4.72 Å². The van der Waals surface area contributed by atoms with Gasteiger partial charge in [0.15, 0.2) is 0 Å². The SMILES string of the molecule is Cc1ccc(COCCN[C@@H](c2ccccc2)[C@@H]([N-]S(C)(=O)=O)c2ccccc2)cc1.[Cl][Ru+]. The van der Waals surface area contributed by atoms with Gasteiger partial charge in [0, 0.05) is 18.8 Å². The van der Waals surface area contributed by atoms with Gasteiger partial charge in [0.05, 0.1) is 23.2 Å². The molecular formula is C25H29ClN2O3RuS. The molecule has 0 radical (unpaired) electrons. The monoisotopic (exact) mass is 574 g/mol. The number of benzene rings is 3. The summed E-state index contributed by atoms with van der Waals surface area (Å²) in [6, 6.07) is 26.7. The van der Waals surface area contributed by atoms with E-state index in [0.717, 1.165) is 22.9 Å². The van der Waals surface area contributed by atoms with Gasteiger partial charge in [-0.2, -0.15) is 0 Å². The Morgan fingerprint density at radius 2 is 1.45 bits per heavy atom. The average Bonchev–Trinajstić information content (AvgIpc) is 2.83. The normalized spacial score (nSPS) is 13.0. The van der Waals surface area contributed by atoms with Gasteiger partial charge >= 0.3 is 27.0 Å². The van der Waals surface area contributed by atoms with Gasteiger partial charge in [-0.05, 0) is 18.1 Å². The van der Waals surface area contributed by atoms with Crippen molar-refractivity contribution in [2.24, 2.45) is 0 Å². The van der Waals surface area contributed by atoms with Gasteiger partial charge in [0.1, 0.15) is 0 Å². The van der Waals surface area contributed by atoms with E-state index >= 15 is 0 Å². The topological polar surface area (TPSA) is 69.5 Å². The maximum absolute atomic E-state index is 12.1. The first-order valence-corrected chi connectivity index (χ1v) is 14.5. The predicted molar refractivity (Wildman–Crippen MR) is 131 cm³/mol. The molecule has 0 fully saturated rings. The Morgan fingerprint density at radius 1 is 0.909 bits per heavy atom. The molecule has 3 aromatic rings. The zero-order valence-corrected chi connectivity index (χ0v) is 22.0. The Bertz CT molecular complexity index is 1040. The molecule has 0 spiro atoms. The molecule has 3 rings (SSSR count). The third-order valence-electron chi connectivity index (χ3n) is 4.92. The second kappa shape index (κ2) is 14.6. The van der Waals surface area contributed by atoms with Crippen LogP contribution in [0.3, 0.4) is 0 Å². The van der Waals surface area contributed by atoms with E-state index in [2.05, 4.69) is 50.9 Å². The van der Waals surface area contributed by atoms with E-state index in [1.165, 1.54) is 5.56 Å². The molecule has 0 aromatic heterocycles. The molecule has 3 aromatic carbocycles. The van der Waals surface area contributed by atoms with Crippen molar-refractivity contribution in [3.05, 3.63) is 112 Å². The van der Waals surface area contributed by atoms with Crippen LogP contribution in [0.15, 0.2) is 84.9 Å². The number of aryl methyl sites for hydroxylation is 1. The molecule has 0 heterocycles. The van der Waals surface area contributed by atoms with Gasteiger partial charge < -0.3 is 14.8 Å². The number of hydrogen-bond donors (Lipinski definition) is 1. The molecule has 0 saturated carbocycles. The fraction of sp³-hybridized carbons (Fsp3) is 0.280. The van der Waals surface area contributed by atoms with Crippen LogP contribution in [-0.4, -0.2) is 27.8 Å². The van der Waals surface area contributed by atoms with E-state index in [1.54, 1.807) is 0 Å². The van der Waals surface area contributed by atoms with Gasteiger partial charge in [-0.25, -0.2) is 8.42 Å². The van der Waals surface area contributed by atoms with E-state index in [0.29, 0.717) is 19.8 Å². The van der Waals surface area contributed by atoms with E-state index < -0.39 is 16.1 Å². The van der Waals surface area contributed by atoms with E-state index in [1.807, 2.05) is 78.0 Å². The number of sulfonamides is 1. The molecule has 0 aliphatic rings.